The summed E-state index contributed by atoms with van der Waals surface area (Å²) >= 11 is 0. The molecule has 5 heteroatoms. The highest BCUT2D eigenvalue weighted by atomic mass is 16.2. The van der Waals surface area contributed by atoms with Gasteiger partial charge in [-0.3, -0.25) is 9.59 Å². The summed E-state index contributed by atoms with van der Waals surface area (Å²) < 4.78 is 0. The second-order valence-corrected chi connectivity index (χ2v) is 9.33. The normalized spacial score (nSPS) is 21.4. The molecule has 0 radical (unpaired) electrons. The third-order valence-electron chi connectivity index (χ3n) is 7.36. The lowest BCUT2D eigenvalue weighted by atomic mass is 9.74. The van der Waals surface area contributed by atoms with E-state index in [1.165, 1.54) is 11.1 Å². The number of carbonyl (C=O) groups excluding carboxylic acids is 2. The zero-order valence-corrected chi connectivity index (χ0v) is 18.5. The van der Waals surface area contributed by atoms with Gasteiger partial charge in [-0.05, 0) is 61.1 Å². The van der Waals surface area contributed by atoms with Crippen LogP contribution in [0.5, 0.6) is 0 Å². The molecule has 1 spiro atoms. The van der Waals surface area contributed by atoms with Gasteiger partial charge in [0.1, 0.15) is 0 Å². The molecule has 1 unspecified atom stereocenters. The first-order valence-electron chi connectivity index (χ1n) is 11.8. The van der Waals surface area contributed by atoms with Gasteiger partial charge in [-0.15, -0.1) is 0 Å². The smallest absolute Gasteiger partial charge is 0.253 e. The first-order chi connectivity index (χ1) is 15.6. The number of piperidine rings is 2. The summed E-state index contributed by atoms with van der Waals surface area (Å²) in [6.45, 7) is 3.80. The predicted octanol–water partition coefficient (Wildman–Crippen LogP) is 3.50. The molecule has 1 aliphatic carbocycles. The van der Waals surface area contributed by atoms with Crippen LogP contribution in [0, 0.1) is 5.92 Å². The largest absolute Gasteiger partial charge is 0.352 e. The van der Waals surface area contributed by atoms with Crippen molar-refractivity contribution in [3.63, 3.8) is 0 Å². The van der Waals surface area contributed by atoms with Gasteiger partial charge in [-0.2, -0.15) is 0 Å². The third kappa shape index (κ3) is 4.09. The van der Waals surface area contributed by atoms with Crippen LogP contribution in [0.1, 0.15) is 52.7 Å². The van der Waals surface area contributed by atoms with E-state index < -0.39 is 0 Å². The van der Waals surface area contributed by atoms with Gasteiger partial charge in [-0.25, -0.2) is 0 Å². The molecule has 2 aromatic carbocycles. The monoisotopic (exact) mass is 429 g/mol. The lowest BCUT2D eigenvalue weighted by Crippen LogP contribution is -2.44. The number of nitrogens with zero attached hydrogens (tertiary/aromatic N) is 1. The molecule has 0 saturated carbocycles. The number of hydrogen-bond acceptors (Lipinski definition) is 3. The van der Waals surface area contributed by atoms with Crippen molar-refractivity contribution in [1.82, 2.24) is 15.5 Å². The van der Waals surface area contributed by atoms with Crippen LogP contribution in [0.2, 0.25) is 0 Å². The molecule has 0 aromatic heterocycles. The minimum absolute atomic E-state index is 0.0636. The summed E-state index contributed by atoms with van der Waals surface area (Å²) in [4.78, 5) is 27.4. The average Bonchev–Trinajstić information content (AvgIpc) is 3.21. The molecule has 2 amide bonds. The van der Waals surface area contributed by atoms with Crippen molar-refractivity contribution in [3.8, 4) is 0 Å². The van der Waals surface area contributed by atoms with E-state index in [1.807, 2.05) is 29.2 Å². The van der Waals surface area contributed by atoms with E-state index in [2.05, 4.69) is 47.1 Å². The maximum atomic E-state index is 13.1. The van der Waals surface area contributed by atoms with E-state index in [-0.39, 0.29) is 23.1 Å². The van der Waals surface area contributed by atoms with Crippen molar-refractivity contribution in [2.75, 3.05) is 26.2 Å². The van der Waals surface area contributed by atoms with Crippen LogP contribution in [-0.2, 0) is 16.8 Å². The quantitative estimate of drug-likeness (QED) is 0.782. The van der Waals surface area contributed by atoms with Crippen molar-refractivity contribution in [1.29, 1.82) is 0 Å². The molecule has 3 aliphatic rings. The Labute approximate surface area is 189 Å². The van der Waals surface area contributed by atoms with Crippen LogP contribution < -0.4 is 10.6 Å². The first kappa shape index (κ1) is 21.0. The van der Waals surface area contributed by atoms with Crippen molar-refractivity contribution in [2.45, 2.75) is 37.6 Å². The molecule has 32 heavy (non-hydrogen) atoms. The highest BCUT2D eigenvalue weighted by Crippen LogP contribution is 2.43. The van der Waals surface area contributed by atoms with Gasteiger partial charge >= 0.3 is 0 Å². The number of rotatable bonds is 4. The highest BCUT2D eigenvalue weighted by molar-refractivity contribution is 5.94. The Kier molecular flexibility index (Phi) is 5.83. The molecule has 2 N–H and O–H groups in total. The number of likely N-dealkylation sites (tertiary alicyclic amines) is 1. The fourth-order valence-electron chi connectivity index (χ4n) is 5.34. The standard InChI is InChI=1S/C27H31N3O2/c31-25(23-5-3-15-28-19-23)29-18-20-7-9-22(10-8-20)26(32)30-16-13-27(14-17-30)12-11-21-4-1-2-6-24(21)27/h1-2,4,6-12,23,28H,3,5,13-19H2,(H,29,31). The van der Waals surface area contributed by atoms with Crippen molar-refractivity contribution >= 4 is 17.9 Å². The second kappa shape index (κ2) is 8.91. The van der Waals surface area contributed by atoms with E-state index >= 15 is 0 Å². The van der Waals surface area contributed by atoms with Gasteiger partial charge in [0, 0.05) is 37.2 Å². The Morgan fingerprint density at radius 2 is 1.84 bits per heavy atom. The summed E-state index contributed by atoms with van der Waals surface area (Å²) in [7, 11) is 0. The van der Waals surface area contributed by atoms with Crippen LogP contribution in [-0.4, -0.2) is 42.9 Å². The van der Waals surface area contributed by atoms with Crippen molar-refractivity contribution in [3.05, 3.63) is 76.9 Å². The van der Waals surface area contributed by atoms with E-state index in [1.54, 1.807) is 0 Å². The van der Waals surface area contributed by atoms with Gasteiger partial charge < -0.3 is 15.5 Å². The molecule has 2 saturated heterocycles. The summed E-state index contributed by atoms with van der Waals surface area (Å²) in [6.07, 6.45) is 8.50. The molecule has 2 fully saturated rings. The molecule has 2 aromatic rings. The van der Waals surface area contributed by atoms with Gasteiger partial charge in [0.15, 0.2) is 0 Å². The Balaban J connectivity index is 1.15. The summed E-state index contributed by atoms with van der Waals surface area (Å²) in [5, 5.41) is 6.32. The number of fused-ring (bicyclic) bond motifs is 2. The lowest BCUT2D eigenvalue weighted by Gasteiger charge is -2.39. The summed E-state index contributed by atoms with van der Waals surface area (Å²) in [5.74, 6) is 0.273. The molecular formula is C27H31N3O2. The summed E-state index contributed by atoms with van der Waals surface area (Å²) in [5.41, 5.74) is 4.54. The Morgan fingerprint density at radius 3 is 2.59 bits per heavy atom. The second-order valence-electron chi connectivity index (χ2n) is 9.33. The van der Waals surface area contributed by atoms with Gasteiger partial charge in [-0.1, -0.05) is 48.6 Å². The number of nitrogens with one attached hydrogen (secondary N) is 2. The lowest BCUT2D eigenvalue weighted by molar-refractivity contribution is -0.125. The first-order valence-corrected chi connectivity index (χ1v) is 11.8. The van der Waals surface area contributed by atoms with Crippen LogP contribution in [0.15, 0.2) is 54.6 Å². The Hall–Kier alpha value is -2.92. The van der Waals surface area contributed by atoms with Crippen LogP contribution in [0.4, 0.5) is 0 Å². The molecule has 5 nitrogen and oxygen atoms in total. The third-order valence-corrected chi connectivity index (χ3v) is 7.36. The Morgan fingerprint density at radius 1 is 1.06 bits per heavy atom. The number of allylic oxidation sites excluding steroid dienone is 1. The van der Waals surface area contributed by atoms with Crippen LogP contribution in [0.25, 0.3) is 6.08 Å². The number of amides is 2. The maximum Gasteiger partial charge on any atom is 0.253 e. The zero-order chi connectivity index (χ0) is 22.0. The van der Waals surface area contributed by atoms with E-state index in [4.69, 9.17) is 0 Å². The average molecular weight is 430 g/mol. The fraction of sp³-hybridized carbons (Fsp3) is 0.407. The molecular weight excluding hydrogens is 398 g/mol. The van der Waals surface area contributed by atoms with Crippen LogP contribution >= 0.6 is 0 Å². The SMILES string of the molecule is O=C(NCc1ccc(C(=O)N2CCC3(C=Cc4ccccc43)CC2)cc1)C1CCCNC1. The van der Waals surface area contributed by atoms with E-state index in [0.717, 1.165) is 63.0 Å². The van der Waals surface area contributed by atoms with Gasteiger partial charge in [0.25, 0.3) is 5.91 Å². The van der Waals surface area contributed by atoms with Crippen molar-refractivity contribution < 1.29 is 9.59 Å². The topological polar surface area (TPSA) is 61.4 Å². The molecule has 166 valence electrons. The highest BCUT2D eigenvalue weighted by Gasteiger charge is 2.38. The van der Waals surface area contributed by atoms with E-state index in [9.17, 15) is 9.59 Å². The van der Waals surface area contributed by atoms with E-state index in [0.29, 0.717) is 6.54 Å². The predicted molar refractivity (Wildman–Crippen MR) is 126 cm³/mol. The minimum atomic E-state index is 0.0636. The van der Waals surface area contributed by atoms with Crippen LogP contribution in [0.3, 0.4) is 0 Å². The maximum absolute atomic E-state index is 13.1. The minimum Gasteiger partial charge on any atom is -0.352 e. The van der Waals surface area contributed by atoms with Gasteiger partial charge in [0.2, 0.25) is 5.91 Å². The Bertz CT molecular complexity index is 1010. The molecule has 2 heterocycles. The fourth-order valence-corrected chi connectivity index (χ4v) is 5.34. The summed E-state index contributed by atoms with van der Waals surface area (Å²) in [6, 6.07) is 16.3. The number of carbonyl (C=O) groups is 2. The molecule has 0 bridgehead atoms. The molecule has 5 rings (SSSR count). The zero-order valence-electron chi connectivity index (χ0n) is 18.5. The number of hydrogen-bond donors (Lipinski definition) is 2. The molecule has 2 aliphatic heterocycles. The van der Waals surface area contributed by atoms with Crippen molar-refractivity contribution in [2.24, 2.45) is 5.92 Å². The molecule has 1 atom stereocenters. The number of benzene rings is 2. The van der Waals surface area contributed by atoms with Gasteiger partial charge in [0.05, 0.1) is 5.92 Å².